The van der Waals surface area contributed by atoms with E-state index in [1.165, 1.54) is 24.3 Å². The summed E-state index contributed by atoms with van der Waals surface area (Å²) in [6, 6.07) is 9.10. The van der Waals surface area contributed by atoms with Crippen LogP contribution in [0.4, 0.5) is 11.4 Å². The van der Waals surface area contributed by atoms with Crippen molar-refractivity contribution in [3.63, 3.8) is 0 Å². The molecule has 6 nitrogen and oxygen atoms in total. The summed E-state index contributed by atoms with van der Waals surface area (Å²) < 4.78 is 28.2. The second-order valence-electron chi connectivity index (χ2n) is 6.42. The van der Waals surface area contributed by atoms with Gasteiger partial charge in [-0.3, -0.25) is 14.8 Å². The molecule has 134 valence electrons. The van der Waals surface area contributed by atoms with Crippen LogP contribution < -0.4 is 4.72 Å². The molecule has 0 saturated heterocycles. The summed E-state index contributed by atoms with van der Waals surface area (Å²) in [6.07, 6.45) is 0. The van der Waals surface area contributed by atoms with E-state index < -0.39 is 14.9 Å². The van der Waals surface area contributed by atoms with Crippen LogP contribution in [0.2, 0.25) is 0 Å². The smallest absolute Gasteiger partial charge is 0.271 e. The van der Waals surface area contributed by atoms with E-state index in [-0.39, 0.29) is 30.6 Å². The fourth-order valence-electron chi connectivity index (χ4n) is 2.09. The molecule has 0 heterocycles. The van der Waals surface area contributed by atoms with Crippen molar-refractivity contribution in [2.24, 2.45) is 0 Å². The molecule has 1 N–H and O–H groups in total. The highest BCUT2D eigenvalue weighted by molar-refractivity contribution is 9.11. The van der Waals surface area contributed by atoms with Crippen LogP contribution in [0.15, 0.2) is 50.2 Å². The number of nitro groups is 1. The van der Waals surface area contributed by atoms with Crippen LogP contribution in [0.3, 0.4) is 0 Å². The number of rotatable bonds is 4. The molecular formula is C16H16Br2N2O4S. The molecular weight excluding hydrogens is 476 g/mol. The molecule has 0 spiro atoms. The fourth-order valence-corrected chi connectivity index (χ4v) is 4.81. The Morgan fingerprint density at radius 2 is 1.52 bits per heavy atom. The van der Waals surface area contributed by atoms with Gasteiger partial charge >= 0.3 is 0 Å². The van der Waals surface area contributed by atoms with Crippen molar-refractivity contribution >= 4 is 53.3 Å². The van der Waals surface area contributed by atoms with Gasteiger partial charge in [0.2, 0.25) is 0 Å². The van der Waals surface area contributed by atoms with Crippen LogP contribution in [0.25, 0.3) is 0 Å². The Morgan fingerprint density at radius 1 is 1.04 bits per heavy atom. The first-order chi connectivity index (χ1) is 11.4. The van der Waals surface area contributed by atoms with Gasteiger partial charge in [0.15, 0.2) is 0 Å². The molecule has 0 bridgehead atoms. The van der Waals surface area contributed by atoms with E-state index >= 15 is 0 Å². The van der Waals surface area contributed by atoms with E-state index in [1.54, 1.807) is 12.1 Å². The number of nitrogens with one attached hydrogen (secondary N) is 1. The Balaban J connectivity index is 2.38. The summed E-state index contributed by atoms with van der Waals surface area (Å²) in [7, 11) is -3.83. The van der Waals surface area contributed by atoms with E-state index in [4.69, 9.17) is 0 Å². The molecule has 0 amide bonds. The van der Waals surface area contributed by atoms with Crippen LogP contribution in [0.5, 0.6) is 0 Å². The van der Waals surface area contributed by atoms with Crippen molar-refractivity contribution in [1.29, 1.82) is 0 Å². The Labute approximate surface area is 163 Å². The summed E-state index contributed by atoms with van der Waals surface area (Å²) in [6.45, 7) is 6.12. The number of halogens is 2. The standard InChI is InChI=1S/C16H16Br2N2O4S/c1-16(2,3)10-4-6-12(7-5-10)25(23,24)19-15-13(17)8-11(20(21)22)9-14(15)18/h4-9,19H,1-3H3. The maximum Gasteiger partial charge on any atom is 0.271 e. The predicted octanol–water partition coefficient (Wildman–Crippen LogP) is 5.22. The molecule has 2 aromatic carbocycles. The minimum absolute atomic E-state index is 0.0832. The van der Waals surface area contributed by atoms with E-state index in [0.717, 1.165) is 5.56 Å². The van der Waals surface area contributed by atoms with Crippen molar-refractivity contribution in [2.75, 3.05) is 4.72 Å². The Kier molecular flexibility index (Phi) is 5.60. The van der Waals surface area contributed by atoms with Gasteiger partial charge in [-0.15, -0.1) is 0 Å². The first-order valence-corrected chi connectivity index (χ1v) is 10.3. The third-order valence-corrected chi connectivity index (χ3v) is 6.12. The molecule has 0 saturated carbocycles. The van der Waals surface area contributed by atoms with Gasteiger partial charge in [-0.25, -0.2) is 8.42 Å². The molecule has 2 aromatic rings. The largest absolute Gasteiger partial charge is 0.277 e. The highest BCUT2D eigenvalue weighted by Gasteiger charge is 2.21. The number of anilines is 1. The molecule has 0 aliphatic carbocycles. The zero-order chi connectivity index (χ0) is 19.0. The van der Waals surface area contributed by atoms with Gasteiger partial charge in [0, 0.05) is 21.1 Å². The topological polar surface area (TPSA) is 89.3 Å². The number of benzene rings is 2. The zero-order valence-electron chi connectivity index (χ0n) is 13.7. The van der Waals surface area contributed by atoms with Crippen LogP contribution >= 0.6 is 31.9 Å². The monoisotopic (exact) mass is 490 g/mol. The predicted molar refractivity (Wildman–Crippen MR) is 104 cm³/mol. The normalized spacial score (nSPS) is 12.0. The number of nitrogens with zero attached hydrogens (tertiary/aromatic N) is 1. The van der Waals surface area contributed by atoms with E-state index in [0.29, 0.717) is 0 Å². The van der Waals surface area contributed by atoms with Crippen LogP contribution in [0, 0.1) is 10.1 Å². The lowest BCUT2D eigenvalue weighted by atomic mass is 9.87. The van der Waals surface area contributed by atoms with Gasteiger partial charge < -0.3 is 0 Å². The molecule has 0 atom stereocenters. The van der Waals surface area contributed by atoms with Crippen LogP contribution in [-0.4, -0.2) is 13.3 Å². The van der Waals surface area contributed by atoms with E-state index in [2.05, 4.69) is 36.6 Å². The third kappa shape index (κ3) is 4.59. The minimum atomic E-state index is -3.83. The summed E-state index contributed by atoms with van der Waals surface area (Å²) in [5, 5.41) is 10.9. The third-order valence-electron chi connectivity index (χ3n) is 3.50. The summed E-state index contributed by atoms with van der Waals surface area (Å²) in [5.74, 6) is 0. The lowest BCUT2D eigenvalue weighted by Crippen LogP contribution is -2.15. The van der Waals surface area contributed by atoms with Crippen LogP contribution in [-0.2, 0) is 15.4 Å². The summed E-state index contributed by atoms with van der Waals surface area (Å²) in [4.78, 5) is 10.4. The van der Waals surface area contributed by atoms with Gasteiger partial charge in [0.25, 0.3) is 15.7 Å². The summed E-state index contributed by atoms with van der Waals surface area (Å²) >= 11 is 6.34. The Hall–Kier alpha value is -1.45. The lowest BCUT2D eigenvalue weighted by molar-refractivity contribution is -0.385. The maximum absolute atomic E-state index is 12.6. The van der Waals surface area contributed by atoms with E-state index in [9.17, 15) is 18.5 Å². The number of nitro benzene ring substituents is 1. The van der Waals surface area contributed by atoms with Crippen molar-refractivity contribution in [2.45, 2.75) is 31.1 Å². The molecule has 0 unspecified atom stereocenters. The second-order valence-corrected chi connectivity index (χ2v) is 9.81. The molecule has 2 rings (SSSR count). The fraction of sp³-hybridized carbons (Fsp3) is 0.250. The Morgan fingerprint density at radius 3 is 1.92 bits per heavy atom. The zero-order valence-corrected chi connectivity index (χ0v) is 17.7. The van der Waals surface area contributed by atoms with Crippen molar-refractivity contribution in [1.82, 2.24) is 0 Å². The average molecular weight is 492 g/mol. The highest BCUT2D eigenvalue weighted by Crippen LogP contribution is 2.36. The average Bonchev–Trinajstić information content (AvgIpc) is 2.50. The number of sulfonamides is 1. The molecule has 0 aromatic heterocycles. The molecule has 9 heteroatoms. The molecule has 25 heavy (non-hydrogen) atoms. The second kappa shape index (κ2) is 7.05. The Bertz CT molecular complexity index is 897. The number of hydrogen-bond donors (Lipinski definition) is 1. The van der Waals surface area contributed by atoms with Crippen molar-refractivity contribution < 1.29 is 13.3 Å². The number of hydrogen-bond acceptors (Lipinski definition) is 4. The van der Waals surface area contributed by atoms with Gasteiger partial charge in [0.1, 0.15) is 0 Å². The summed E-state index contributed by atoms with van der Waals surface area (Å²) in [5.41, 5.74) is 0.978. The van der Waals surface area contributed by atoms with Crippen LogP contribution in [0.1, 0.15) is 26.3 Å². The SMILES string of the molecule is CC(C)(C)c1ccc(S(=O)(=O)Nc2c(Br)cc([N+](=O)[O-])cc2Br)cc1. The van der Waals surface area contributed by atoms with Crippen molar-refractivity contribution in [3.8, 4) is 0 Å². The minimum Gasteiger partial charge on any atom is -0.277 e. The first-order valence-electron chi connectivity index (χ1n) is 7.18. The molecule has 0 aliphatic rings. The van der Waals surface area contributed by atoms with Gasteiger partial charge in [-0.05, 0) is 55.0 Å². The van der Waals surface area contributed by atoms with Crippen molar-refractivity contribution in [3.05, 3.63) is 61.0 Å². The number of non-ortho nitro benzene ring substituents is 1. The van der Waals surface area contributed by atoms with Gasteiger partial charge in [-0.1, -0.05) is 32.9 Å². The molecule has 0 radical (unpaired) electrons. The first kappa shape index (κ1) is 19.9. The van der Waals surface area contributed by atoms with E-state index in [1.807, 2.05) is 20.8 Å². The molecule has 0 aliphatic heterocycles. The lowest BCUT2D eigenvalue weighted by Gasteiger charge is -2.19. The quantitative estimate of drug-likeness (QED) is 0.469. The maximum atomic E-state index is 12.6. The highest BCUT2D eigenvalue weighted by atomic mass is 79.9. The van der Waals surface area contributed by atoms with Gasteiger partial charge in [0.05, 0.1) is 15.5 Å². The van der Waals surface area contributed by atoms with Gasteiger partial charge in [-0.2, -0.15) is 0 Å². The molecule has 0 fully saturated rings.